The average molecular weight is 881 g/mol. The molecular weight excluding hydrogens is 825 g/mol. The molecule has 0 N–H and O–H groups in total. The number of hydrogen-bond acceptors (Lipinski definition) is 4. The van der Waals surface area contributed by atoms with Crippen LogP contribution in [0.15, 0.2) is 267 Å². The molecule has 0 radical (unpaired) electrons. The van der Waals surface area contributed by atoms with Gasteiger partial charge in [0.05, 0.1) is 11.4 Å². The summed E-state index contributed by atoms with van der Waals surface area (Å²) in [4.78, 5) is 9.41. The van der Waals surface area contributed by atoms with E-state index in [9.17, 15) is 0 Å². The smallest absolute Gasteiger partial charge is 0.0734 e. The maximum atomic E-state index is 2.37. The van der Waals surface area contributed by atoms with Crippen LogP contribution in [0.4, 0.5) is 68.2 Å². The molecule has 68 heavy (non-hydrogen) atoms. The molecule has 0 bridgehead atoms. The Kier molecular flexibility index (Phi) is 13.9. The molecule has 10 aromatic rings. The van der Waals surface area contributed by atoms with Gasteiger partial charge in [0.25, 0.3) is 0 Å². The zero-order chi connectivity index (χ0) is 46.7. The van der Waals surface area contributed by atoms with Gasteiger partial charge in [-0.2, -0.15) is 0 Å². The van der Waals surface area contributed by atoms with Gasteiger partial charge in [0, 0.05) is 56.9 Å². The van der Waals surface area contributed by atoms with E-state index in [0.29, 0.717) is 0 Å². The predicted octanol–water partition coefficient (Wildman–Crippen LogP) is 18.5. The summed E-state index contributed by atoms with van der Waals surface area (Å²) in [6.45, 7) is 8.80. The van der Waals surface area contributed by atoms with Gasteiger partial charge in [0.2, 0.25) is 0 Å². The Morgan fingerprint density at radius 1 is 0.191 bits per heavy atom. The normalized spacial score (nSPS) is 10.6. The summed E-state index contributed by atoms with van der Waals surface area (Å²) < 4.78 is 0. The van der Waals surface area contributed by atoms with E-state index in [1.807, 2.05) is 0 Å². The predicted molar refractivity (Wildman–Crippen MR) is 291 cm³/mol. The fraction of sp³-hybridized carbons (Fsp3) is 0.0625. The van der Waals surface area contributed by atoms with Gasteiger partial charge in [-0.15, -0.1) is 0 Å². The zero-order valence-corrected chi connectivity index (χ0v) is 39.2. The number of anilines is 12. The second kappa shape index (κ2) is 21.1. The maximum Gasteiger partial charge on any atom is 0.0734 e. The summed E-state index contributed by atoms with van der Waals surface area (Å²) in [7, 11) is 0. The van der Waals surface area contributed by atoms with Crippen molar-refractivity contribution in [2.45, 2.75) is 27.7 Å². The van der Waals surface area contributed by atoms with Crippen LogP contribution in [0.25, 0.3) is 0 Å². The number of rotatable bonds is 12. The lowest BCUT2D eigenvalue weighted by Gasteiger charge is -2.35. The number of para-hydroxylation sites is 8. The Morgan fingerprint density at radius 2 is 0.368 bits per heavy atom. The Labute approximate surface area is 402 Å². The summed E-state index contributed by atoms with van der Waals surface area (Å²) in [6, 6.07) is 93.8. The van der Waals surface area contributed by atoms with Crippen molar-refractivity contribution in [3.8, 4) is 0 Å². The number of nitrogens with zero attached hydrogens (tertiary/aromatic N) is 4. The molecule has 4 nitrogen and oxygen atoms in total. The molecule has 0 aromatic heterocycles. The Bertz CT molecular complexity index is 2760. The van der Waals surface area contributed by atoms with Crippen LogP contribution in [0.5, 0.6) is 0 Å². The van der Waals surface area contributed by atoms with Crippen LogP contribution in [-0.2, 0) is 0 Å². The molecule has 0 aliphatic carbocycles. The highest BCUT2D eigenvalue weighted by atomic mass is 15.2. The van der Waals surface area contributed by atoms with Gasteiger partial charge in [-0.05, 0) is 159 Å². The van der Waals surface area contributed by atoms with Gasteiger partial charge in [-0.25, -0.2) is 0 Å². The van der Waals surface area contributed by atoms with Gasteiger partial charge in [-0.1, -0.05) is 158 Å². The fourth-order valence-electron chi connectivity index (χ4n) is 8.90. The zero-order valence-electron chi connectivity index (χ0n) is 39.2. The number of aryl methyl sites for hydroxylation is 4. The fourth-order valence-corrected chi connectivity index (χ4v) is 8.90. The molecule has 0 aliphatic heterocycles. The van der Waals surface area contributed by atoms with Crippen molar-refractivity contribution < 1.29 is 0 Å². The summed E-state index contributed by atoms with van der Waals surface area (Å²) >= 11 is 0. The molecule has 0 unspecified atom stereocenters. The van der Waals surface area contributed by atoms with Crippen molar-refractivity contribution in [3.63, 3.8) is 0 Å². The topological polar surface area (TPSA) is 13.0 Å². The summed E-state index contributed by atoms with van der Waals surface area (Å²) in [5.41, 5.74) is 18.7. The first kappa shape index (κ1) is 44.6. The molecule has 4 heteroatoms. The molecular formula is C64H56N4. The van der Waals surface area contributed by atoms with Crippen LogP contribution in [0.2, 0.25) is 0 Å². The van der Waals surface area contributed by atoms with Crippen molar-refractivity contribution in [2.75, 3.05) is 19.6 Å². The summed E-state index contributed by atoms with van der Waals surface area (Å²) in [6.07, 6.45) is 0. The standard InChI is InChI=1S/2C32H28N2/c1-25-23-32(34(29-19-11-5-12-20-29)30-21-13-6-14-22-30)26(2)24-31(25)33(27-15-7-3-8-16-27)28-17-9-4-10-18-28;1-25-23-24-26(2)32(34(29-19-11-5-12-20-29)30-21-13-6-14-22-30)31(25)33(27-15-7-3-8-16-27)28-17-9-4-10-18-28/h2*3-24H,1-2H3. The minimum Gasteiger partial charge on any atom is -0.310 e. The van der Waals surface area contributed by atoms with E-state index in [1.54, 1.807) is 0 Å². The minimum atomic E-state index is 1.13. The van der Waals surface area contributed by atoms with E-state index in [0.717, 1.165) is 45.5 Å². The number of hydrogen-bond donors (Lipinski definition) is 0. The van der Waals surface area contributed by atoms with Gasteiger partial charge >= 0.3 is 0 Å². The van der Waals surface area contributed by atoms with E-state index >= 15 is 0 Å². The molecule has 0 aliphatic rings. The molecule has 0 fully saturated rings. The molecule has 0 atom stereocenters. The monoisotopic (exact) mass is 880 g/mol. The third kappa shape index (κ3) is 9.81. The molecule has 0 spiro atoms. The first-order chi connectivity index (χ1) is 33.5. The lowest BCUT2D eigenvalue weighted by molar-refractivity contribution is 1.18. The third-order valence-electron chi connectivity index (χ3n) is 12.1. The van der Waals surface area contributed by atoms with Gasteiger partial charge in [-0.3, -0.25) is 0 Å². The van der Waals surface area contributed by atoms with E-state index < -0.39 is 0 Å². The Balaban J connectivity index is 0.000000170. The Hall–Kier alpha value is -8.60. The first-order valence-electron chi connectivity index (χ1n) is 23.3. The lowest BCUT2D eigenvalue weighted by Crippen LogP contribution is -2.19. The van der Waals surface area contributed by atoms with E-state index in [4.69, 9.17) is 0 Å². The second-order valence-electron chi connectivity index (χ2n) is 16.8. The maximum absolute atomic E-state index is 2.37. The highest BCUT2D eigenvalue weighted by Crippen LogP contribution is 2.49. The molecule has 0 saturated heterocycles. The van der Waals surface area contributed by atoms with Crippen molar-refractivity contribution in [1.82, 2.24) is 0 Å². The van der Waals surface area contributed by atoms with Crippen molar-refractivity contribution in [3.05, 3.63) is 289 Å². The van der Waals surface area contributed by atoms with Crippen LogP contribution >= 0.6 is 0 Å². The van der Waals surface area contributed by atoms with Crippen LogP contribution in [0.1, 0.15) is 22.3 Å². The first-order valence-corrected chi connectivity index (χ1v) is 23.3. The second-order valence-corrected chi connectivity index (χ2v) is 16.8. The largest absolute Gasteiger partial charge is 0.310 e. The molecule has 0 amide bonds. The molecule has 0 saturated carbocycles. The van der Waals surface area contributed by atoms with Crippen LogP contribution in [-0.4, -0.2) is 0 Å². The molecule has 10 aromatic carbocycles. The van der Waals surface area contributed by atoms with Crippen LogP contribution < -0.4 is 19.6 Å². The quantitative estimate of drug-likeness (QED) is 0.121. The van der Waals surface area contributed by atoms with Gasteiger partial charge in [0.1, 0.15) is 0 Å². The van der Waals surface area contributed by atoms with Gasteiger partial charge < -0.3 is 19.6 Å². The van der Waals surface area contributed by atoms with Gasteiger partial charge in [0.15, 0.2) is 0 Å². The summed E-state index contributed by atoms with van der Waals surface area (Å²) in [5.74, 6) is 0. The molecule has 0 heterocycles. The molecule has 10 rings (SSSR count). The minimum absolute atomic E-state index is 1.13. The van der Waals surface area contributed by atoms with E-state index in [-0.39, 0.29) is 0 Å². The molecule has 332 valence electrons. The SMILES string of the molecule is Cc1cc(N(c2ccccc2)c2ccccc2)c(C)cc1N(c1ccccc1)c1ccccc1.Cc1ccc(C)c(N(c2ccccc2)c2ccccc2)c1N(c1ccccc1)c1ccccc1. The van der Waals surface area contributed by atoms with Crippen molar-refractivity contribution in [2.24, 2.45) is 0 Å². The van der Waals surface area contributed by atoms with Crippen molar-refractivity contribution in [1.29, 1.82) is 0 Å². The average Bonchev–Trinajstić information content (AvgIpc) is 3.40. The van der Waals surface area contributed by atoms with E-state index in [1.165, 1.54) is 45.0 Å². The third-order valence-corrected chi connectivity index (χ3v) is 12.1. The van der Waals surface area contributed by atoms with Crippen LogP contribution in [0, 0.1) is 27.7 Å². The lowest BCUT2D eigenvalue weighted by atomic mass is 10.0. The number of benzene rings is 10. The summed E-state index contributed by atoms with van der Waals surface area (Å²) in [5, 5.41) is 0. The van der Waals surface area contributed by atoms with Crippen LogP contribution in [0.3, 0.4) is 0 Å². The highest BCUT2D eigenvalue weighted by Gasteiger charge is 2.26. The van der Waals surface area contributed by atoms with Crippen molar-refractivity contribution >= 4 is 68.2 Å². The highest BCUT2D eigenvalue weighted by molar-refractivity contribution is 5.94. The Morgan fingerprint density at radius 3 is 0.559 bits per heavy atom. The van der Waals surface area contributed by atoms with E-state index in [2.05, 4.69) is 314 Å².